The Hall–Kier alpha value is -3.15. The van der Waals surface area contributed by atoms with Gasteiger partial charge in [-0.15, -0.1) is 0 Å². The fraction of sp³-hybridized carbons (Fsp3) is 0. The van der Waals surface area contributed by atoms with Gasteiger partial charge in [-0.3, -0.25) is 15.0 Å². The van der Waals surface area contributed by atoms with E-state index in [4.69, 9.17) is 0 Å². The van der Waals surface area contributed by atoms with Gasteiger partial charge < -0.3 is 5.32 Å². The summed E-state index contributed by atoms with van der Waals surface area (Å²) in [6.45, 7) is 0. The number of nitrogens with one attached hydrogen (secondary N) is 3. The van der Waals surface area contributed by atoms with E-state index in [2.05, 4.69) is 25.7 Å². The lowest BCUT2D eigenvalue weighted by molar-refractivity contribution is 0.102. The number of rotatable bonds is 2. The number of nitrogens with zero attached hydrogens (tertiary/aromatic N) is 2. The molecule has 0 spiro atoms. The van der Waals surface area contributed by atoms with E-state index >= 15 is 0 Å². The molecule has 2 aromatic carbocycles. The van der Waals surface area contributed by atoms with Gasteiger partial charge in [0.1, 0.15) is 0 Å². The van der Waals surface area contributed by atoms with Crippen molar-refractivity contribution in [2.75, 3.05) is 5.32 Å². The van der Waals surface area contributed by atoms with Gasteiger partial charge in [-0.2, -0.15) is 10.2 Å². The molecular weight excluding hydrogens is 266 g/mol. The molecule has 2 heterocycles. The second-order valence-electron chi connectivity index (χ2n) is 4.69. The number of hydrogen-bond donors (Lipinski definition) is 3. The number of aromatic nitrogens is 4. The molecule has 102 valence electrons. The summed E-state index contributed by atoms with van der Waals surface area (Å²) >= 11 is 0. The van der Waals surface area contributed by atoms with E-state index in [1.165, 1.54) is 0 Å². The van der Waals surface area contributed by atoms with Gasteiger partial charge in [0.2, 0.25) is 0 Å². The number of aromatic amines is 2. The molecule has 4 aromatic rings. The van der Waals surface area contributed by atoms with Gasteiger partial charge >= 0.3 is 0 Å². The zero-order chi connectivity index (χ0) is 14.2. The van der Waals surface area contributed by atoms with Crippen LogP contribution in [0.15, 0.2) is 48.5 Å². The molecule has 1 amide bonds. The monoisotopic (exact) mass is 277 g/mol. The molecule has 2 aromatic heterocycles. The third kappa shape index (κ3) is 1.85. The molecule has 0 aliphatic heterocycles. The lowest BCUT2D eigenvalue weighted by Crippen LogP contribution is -2.13. The number of para-hydroxylation sites is 2. The molecule has 3 N–H and O–H groups in total. The summed E-state index contributed by atoms with van der Waals surface area (Å²) < 4.78 is 0. The van der Waals surface area contributed by atoms with Crippen LogP contribution in [0.3, 0.4) is 0 Å². The lowest BCUT2D eigenvalue weighted by atomic mass is 10.2. The third-order valence-corrected chi connectivity index (χ3v) is 3.39. The van der Waals surface area contributed by atoms with Gasteiger partial charge in [-0.1, -0.05) is 30.3 Å². The van der Waals surface area contributed by atoms with Crippen molar-refractivity contribution in [3.8, 4) is 0 Å². The van der Waals surface area contributed by atoms with E-state index in [-0.39, 0.29) is 5.91 Å². The second kappa shape index (κ2) is 4.45. The van der Waals surface area contributed by atoms with Gasteiger partial charge in [0.25, 0.3) is 5.91 Å². The Morgan fingerprint density at radius 3 is 2.29 bits per heavy atom. The summed E-state index contributed by atoms with van der Waals surface area (Å²) in [7, 11) is 0. The Kier molecular flexibility index (Phi) is 2.47. The van der Waals surface area contributed by atoms with E-state index in [0.29, 0.717) is 11.5 Å². The highest BCUT2D eigenvalue weighted by molar-refractivity contribution is 6.12. The van der Waals surface area contributed by atoms with Gasteiger partial charge in [0.05, 0.1) is 11.0 Å². The van der Waals surface area contributed by atoms with Gasteiger partial charge in [0, 0.05) is 10.8 Å². The van der Waals surface area contributed by atoms with Gasteiger partial charge in [-0.05, 0) is 18.2 Å². The van der Waals surface area contributed by atoms with Gasteiger partial charge in [0.15, 0.2) is 11.5 Å². The van der Waals surface area contributed by atoms with Crippen molar-refractivity contribution in [2.45, 2.75) is 0 Å². The lowest BCUT2D eigenvalue weighted by Gasteiger charge is -2.00. The summed E-state index contributed by atoms with van der Waals surface area (Å²) in [6, 6.07) is 15.1. The summed E-state index contributed by atoms with van der Waals surface area (Å²) in [6.07, 6.45) is 0. The molecule has 6 nitrogen and oxygen atoms in total. The Morgan fingerprint density at radius 1 is 0.857 bits per heavy atom. The van der Waals surface area contributed by atoms with Crippen molar-refractivity contribution in [1.29, 1.82) is 0 Å². The summed E-state index contributed by atoms with van der Waals surface area (Å²) in [5.74, 6) is 0.215. The first kappa shape index (κ1) is 11.7. The summed E-state index contributed by atoms with van der Waals surface area (Å²) in [5.41, 5.74) is 2.06. The Labute approximate surface area is 119 Å². The number of benzene rings is 2. The molecule has 0 bridgehead atoms. The molecule has 4 rings (SSSR count). The van der Waals surface area contributed by atoms with Crippen LogP contribution in [0.5, 0.6) is 0 Å². The maximum Gasteiger partial charge on any atom is 0.278 e. The zero-order valence-corrected chi connectivity index (χ0v) is 10.9. The molecule has 0 saturated carbocycles. The summed E-state index contributed by atoms with van der Waals surface area (Å²) in [5, 5.41) is 18.4. The average Bonchev–Trinajstić information content (AvgIpc) is 3.12. The van der Waals surface area contributed by atoms with Crippen LogP contribution in [0.25, 0.3) is 21.8 Å². The van der Waals surface area contributed by atoms with Crippen LogP contribution in [0.4, 0.5) is 5.82 Å². The molecule has 0 aliphatic carbocycles. The summed E-state index contributed by atoms with van der Waals surface area (Å²) in [4.78, 5) is 12.4. The van der Waals surface area contributed by atoms with E-state index in [1.54, 1.807) is 0 Å². The van der Waals surface area contributed by atoms with Crippen molar-refractivity contribution in [3.63, 3.8) is 0 Å². The minimum absolute atomic E-state index is 0.287. The van der Waals surface area contributed by atoms with E-state index in [0.717, 1.165) is 21.8 Å². The van der Waals surface area contributed by atoms with Crippen molar-refractivity contribution < 1.29 is 4.79 Å². The number of H-pyrrole nitrogens is 2. The van der Waals surface area contributed by atoms with Crippen molar-refractivity contribution in [2.24, 2.45) is 0 Å². The van der Waals surface area contributed by atoms with Crippen LogP contribution < -0.4 is 5.32 Å². The van der Waals surface area contributed by atoms with Crippen LogP contribution in [0.2, 0.25) is 0 Å². The fourth-order valence-electron chi connectivity index (χ4n) is 2.36. The van der Waals surface area contributed by atoms with Crippen molar-refractivity contribution in [3.05, 3.63) is 54.2 Å². The molecule has 0 unspecified atom stereocenters. The number of hydrogen-bond acceptors (Lipinski definition) is 3. The predicted molar refractivity (Wildman–Crippen MR) is 80.1 cm³/mol. The normalized spacial score (nSPS) is 11.0. The van der Waals surface area contributed by atoms with Crippen LogP contribution in [-0.2, 0) is 0 Å². The number of carbonyl (C=O) groups is 1. The van der Waals surface area contributed by atoms with Crippen LogP contribution >= 0.6 is 0 Å². The highest BCUT2D eigenvalue weighted by atomic mass is 16.2. The van der Waals surface area contributed by atoms with Crippen molar-refractivity contribution in [1.82, 2.24) is 20.4 Å². The molecule has 0 fully saturated rings. The molecule has 21 heavy (non-hydrogen) atoms. The number of amides is 1. The SMILES string of the molecule is O=C(Nc1n[nH]c2ccccc12)c1n[nH]c2ccccc12. The standard InChI is InChI=1S/C15H11N5O/c21-15(13-9-5-1-3-7-11(9)17-19-13)16-14-10-6-2-4-8-12(10)18-20-14/h1-8H,(H,17,19)(H2,16,18,20,21). The third-order valence-electron chi connectivity index (χ3n) is 3.39. The number of carbonyl (C=O) groups excluding carboxylic acids is 1. The Bertz CT molecular complexity index is 953. The highest BCUT2D eigenvalue weighted by Gasteiger charge is 2.16. The second-order valence-corrected chi connectivity index (χ2v) is 4.69. The van der Waals surface area contributed by atoms with Gasteiger partial charge in [-0.25, -0.2) is 0 Å². The maximum atomic E-state index is 12.4. The average molecular weight is 277 g/mol. The van der Waals surface area contributed by atoms with E-state index in [1.807, 2.05) is 48.5 Å². The minimum atomic E-state index is -0.287. The highest BCUT2D eigenvalue weighted by Crippen LogP contribution is 2.21. The van der Waals surface area contributed by atoms with E-state index in [9.17, 15) is 4.79 Å². The first-order valence-electron chi connectivity index (χ1n) is 6.50. The van der Waals surface area contributed by atoms with Crippen LogP contribution in [0, 0.1) is 0 Å². The van der Waals surface area contributed by atoms with E-state index < -0.39 is 0 Å². The first-order chi connectivity index (χ1) is 10.3. The number of fused-ring (bicyclic) bond motifs is 2. The predicted octanol–water partition coefficient (Wildman–Crippen LogP) is 2.69. The molecule has 0 aliphatic rings. The largest absolute Gasteiger partial charge is 0.303 e. The Morgan fingerprint density at radius 2 is 1.48 bits per heavy atom. The quantitative estimate of drug-likeness (QED) is 0.526. The molecular formula is C15H11N5O. The maximum absolute atomic E-state index is 12.4. The fourth-order valence-corrected chi connectivity index (χ4v) is 2.36. The first-order valence-corrected chi connectivity index (χ1v) is 6.50. The molecule has 0 atom stereocenters. The topological polar surface area (TPSA) is 86.5 Å². The minimum Gasteiger partial charge on any atom is -0.303 e. The van der Waals surface area contributed by atoms with Crippen LogP contribution in [0.1, 0.15) is 10.5 Å². The molecule has 6 heteroatoms. The zero-order valence-electron chi connectivity index (χ0n) is 10.9. The molecule has 0 saturated heterocycles. The number of anilines is 1. The smallest absolute Gasteiger partial charge is 0.278 e. The Balaban J connectivity index is 1.72. The van der Waals surface area contributed by atoms with Crippen LogP contribution in [-0.4, -0.2) is 26.3 Å². The molecule has 0 radical (unpaired) electrons. The van der Waals surface area contributed by atoms with Crippen molar-refractivity contribution >= 4 is 33.5 Å².